The summed E-state index contributed by atoms with van der Waals surface area (Å²) in [5, 5.41) is 16.5. The fraction of sp³-hybridized carbons (Fsp3) is 0.200. The molecule has 0 saturated carbocycles. The zero-order valence-electron chi connectivity index (χ0n) is 12.5. The molecule has 0 aliphatic heterocycles. The molecule has 1 aromatic carbocycles. The van der Waals surface area contributed by atoms with E-state index in [1.807, 2.05) is 48.8 Å². The third kappa shape index (κ3) is 3.99. The molecule has 0 saturated heterocycles. The van der Waals surface area contributed by atoms with Crippen LogP contribution in [0.25, 0.3) is 5.69 Å². The molecule has 1 atom stereocenters. The van der Waals surface area contributed by atoms with Crippen LogP contribution in [0.2, 0.25) is 0 Å². The molecule has 1 amide bonds. The van der Waals surface area contributed by atoms with E-state index in [1.54, 1.807) is 10.9 Å². The maximum absolute atomic E-state index is 11.8. The van der Waals surface area contributed by atoms with Crippen molar-refractivity contribution in [1.29, 1.82) is 0 Å². The Bertz CT molecular complexity index is 755. The molecular weight excluding hydrogens is 312 g/mol. The van der Waals surface area contributed by atoms with Gasteiger partial charge in [-0.2, -0.15) is 0 Å². The number of hydrogen-bond acceptors (Lipinski definition) is 6. The van der Waals surface area contributed by atoms with E-state index in [0.29, 0.717) is 5.13 Å². The second-order valence-electron chi connectivity index (χ2n) is 4.91. The zero-order valence-corrected chi connectivity index (χ0v) is 13.3. The van der Waals surface area contributed by atoms with Crippen molar-refractivity contribution in [2.75, 3.05) is 11.9 Å². The number of aromatic nitrogens is 4. The second kappa shape index (κ2) is 7.12. The smallest absolute Gasteiger partial charge is 0.240 e. The van der Waals surface area contributed by atoms with E-state index in [0.717, 1.165) is 11.4 Å². The highest BCUT2D eigenvalue weighted by molar-refractivity contribution is 7.13. The molecule has 2 aromatic heterocycles. The SMILES string of the molecule is C[C@H](NCC(=O)Nc1nccs1)c1cn(-c2ccccc2)nn1. The van der Waals surface area contributed by atoms with E-state index in [-0.39, 0.29) is 18.5 Å². The van der Waals surface area contributed by atoms with Gasteiger partial charge in [-0.3, -0.25) is 4.79 Å². The standard InChI is InChI=1S/C15H16N6OS/c1-11(17-9-14(22)18-15-16-7-8-23-15)13-10-21(20-19-13)12-5-3-2-4-6-12/h2-8,10-11,17H,9H2,1H3,(H,16,18,22)/t11-/m0/s1. The summed E-state index contributed by atoms with van der Waals surface area (Å²) in [6.07, 6.45) is 3.50. The molecule has 3 aromatic rings. The monoisotopic (exact) mass is 328 g/mol. The van der Waals surface area contributed by atoms with Gasteiger partial charge in [0, 0.05) is 11.6 Å². The van der Waals surface area contributed by atoms with Crippen molar-refractivity contribution in [2.45, 2.75) is 13.0 Å². The number of hydrogen-bond donors (Lipinski definition) is 2. The van der Waals surface area contributed by atoms with Crippen molar-refractivity contribution >= 4 is 22.4 Å². The van der Waals surface area contributed by atoms with Crippen LogP contribution in [0.4, 0.5) is 5.13 Å². The predicted molar refractivity (Wildman–Crippen MR) is 88.5 cm³/mol. The molecule has 0 radical (unpaired) electrons. The van der Waals surface area contributed by atoms with E-state index >= 15 is 0 Å². The summed E-state index contributed by atoms with van der Waals surface area (Å²) in [6.45, 7) is 2.12. The van der Waals surface area contributed by atoms with Gasteiger partial charge < -0.3 is 10.6 Å². The largest absolute Gasteiger partial charge is 0.301 e. The van der Waals surface area contributed by atoms with Gasteiger partial charge in [0.25, 0.3) is 0 Å². The van der Waals surface area contributed by atoms with E-state index in [9.17, 15) is 4.79 Å². The van der Waals surface area contributed by atoms with E-state index in [4.69, 9.17) is 0 Å². The molecule has 23 heavy (non-hydrogen) atoms. The average Bonchev–Trinajstić information content (AvgIpc) is 3.25. The summed E-state index contributed by atoms with van der Waals surface area (Å²) in [4.78, 5) is 15.8. The fourth-order valence-electron chi connectivity index (χ4n) is 1.98. The number of carbonyl (C=O) groups excluding carboxylic acids is 1. The van der Waals surface area contributed by atoms with Gasteiger partial charge in [0.05, 0.1) is 30.2 Å². The Morgan fingerprint density at radius 2 is 2.17 bits per heavy atom. The van der Waals surface area contributed by atoms with Crippen LogP contribution in [0.3, 0.4) is 0 Å². The summed E-state index contributed by atoms with van der Waals surface area (Å²) in [6, 6.07) is 9.67. The Balaban J connectivity index is 1.55. The molecule has 0 bridgehead atoms. The van der Waals surface area contributed by atoms with E-state index < -0.39 is 0 Å². The number of para-hydroxylation sites is 1. The lowest BCUT2D eigenvalue weighted by molar-refractivity contribution is -0.115. The first-order valence-electron chi connectivity index (χ1n) is 7.13. The lowest BCUT2D eigenvalue weighted by Gasteiger charge is -2.10. The minimum absolute atomic E-state index is 0.0884. The molecule has 0 aliphatic rings. The summed E-state index contributed by atoms with van der Waals surface area (Å²) in [5.41, 5.74) is 1.72. The Kier molecular flexibility index (Phi) is 4.74. The predicted octanol–water partition coefficient (Wildman–Crippen LogP) is 2.01. The minimum atomic E-state index is -0.137. The highest BCUT2D eigenvalue weighted by Gasteiger charge is 2.12. The van der Waals surface area contributed by atoms with Crippen LogP contribution >= 0.6 is 11.3 Å². The molecule has 0 aliphatic carbocycles. The van der Waals surface area contributed by atoms with Gasteiger partial charge in [-0.15, -0.1) is 16.4 Å². The van der Waals surface area contributed by atoms with Crippen LogP contribution in [0, 0.1) is 0 Å². The molecular formula is C15H16N6OS. The van der Waals surface area contributed by atoms with Gasteiger partial charge in [-0.05, 0) is 19.1 Å². The number of nitrogens with one attached hydrogen (secondary N) is 2. The minimum Gasteiger partial charge on any atom is -0.301 e. The number of carbonyl (C=O) groups is 1. The first kappa shape index (κ1) is 15.3. The summed E-state index contributed by atoms with van der Waals surface area (Å²) >= 11 is 1.39. The van der Waals surface area contributed by atoms with Crippen molar-refractivity contribution in [1.82, 2.24) is 25.3 Å². The molecule has 118 valence electrons. The van der Waals surface area contributed by atoms with Gasteiger partial charge >= 0.3 is 0 Å². The van der Waals surface area contributed by atoms with Gasteiger partial charge in [0.2, 0.25) is 5.91 Å². The van der Waals surface area contributed by atoms with Crippen LogP contribution in [0.5, 0.6) is 0 Å². The maximum Gasteiger partial charge on any atom is 0.240 e. The van der Waals surface area contributed by atoms with Crippen molar-refractivity contribution in [3.63, 3.8) is 0 Å². The van der Waals surface area contributed by atoms with Crippen molar-refractivity contribution in [3.05, 3.63) is 53.8 Å². The van der Waals surface area contributed by atoms with Crippen molar-refractivity contribution in [2.24, 2.45) is 0 Å². The Hall–Kier alpha value is -2.58. The average molecular weight is 328 g/mol. The van der Waals surface area contributed by atoms with Gasteiger partial charge in [0.15, 0.2) is 5.13 Å². The molecule has 0 fully saturated rings. The topological polar surface area (TPSA) is 84.7 Å². The summed E-state index contributed by atoms with van der Waals surface area (Å²) < 4.78 is 1.71. The molecule has 2 N–H and O–H groups in total. The molecule has 0 spiro atoms. The van der Waals surface area contributed by atoms with Gasteiger partial charge in [-0.25, -0.2) is 9.67 Å². The number of benzene rings is 1. The van der Waals surface area contributed by atoms with Crippen LogP contribution < -0.4 is 10.6 Å². The Morgan fingerprint density at radius 3 is 2.91 bits per heavy atom. The summed E-state index contributed by atoms with van der Waals surface area (Å²) in [5.74, 6) is -0.137. The fourth-order valence-corrected chi connectivity index (χ4v) is 2.53. The lowest BCUT2D eigenvalue weighted by atomic mass is 10.2. The molecule has 8 heteroatoms. The van der Waals surface area contributed by atoms with E-state index in [2.05, 4.69) is 25.9 Å². The first-order chi connectivity index (χ1) is 11.2. The zero-order chi connectivity index (χ0) is 16.1. The number of rotatable bonds is 6. The molecule has 0 unspecified atom stereocenters. The Labute approximate surface area is 137 Å². The number of thiazole rings is 1. The van der Waals surface area contributed by atoms with Gasteiger partial charge in [0.1, 0.15) is 0 Å². The quantitative estimate of drug-likeness (QED) is 0.723. The third-order valence-corrected chi connectivity index (χ3v) is 3.91. The molecule has 2 heterocycles. The highest BCUT2D eigenvalue weighted by Crippen LogP contribution is 2.12. The number of nitrogens with zero attached hydrogens (tertiary/aromatic N) is 4. The van der Waals surface area contributed by atoms with E-state index in [1.165, 1.54) is 11.3 Å². The van der Waals surface area contributed by atoms with Crippen LogP contribution in [0.1, 0.15) is 18.7 Å². The number of amides is 1. The second-order valence-corrected chi connectivity index (χ2v) is 5.81. The normalized spacial score (nSPS) is 12.0. The Morgan fingerprint density at radius 1 is 1.35 bits per heavy atom. The van der Waals surface area contributed by atoms with Crippen LogP contribution in [-0.2, 0) is 4.79 Å². The number of anilines is 1. The highest BCUT2D eigenvalue weighted by atomic mass is 32.1. The maximum atomic E-state index is 11.8. The first-order valence-corrected chi connectivity index (χ1v) is 8.01. The lowest BCUT2D eigenvalue weighted by Crippen LogP contribution is -2.30. The van der Waals surface area contributed by atoms with Gasteiger partial charge in [-0.1, -0.05) is 23.4 Å². The van der Waals surface area contributed by atoms with Crippen LogP contribution in [0.15, 0.2) is 48.1 Å². The summed E-state index contributed by atoms with van der Waals surface area (Å²) in [7, 11) is 0. The van der Waals surface area contributed by atoms with Crippen molar-refractivity contribution < 1.29 is 4.79 Å². The molecule has 3 rings (SSSR count). The molecule has 7 nitrogen and oxygen atoms in total. The van der Waals surface area contributed by atoms with Crippen LogP contribution in [-0.4, -0.2) is 32.4 Å². The third-order valence-electron chi connectivity index (χ3n) is 3.22. The van der Waals surface area contributed by atoms with Crippen molar-refractivity contribution in [3.8, 4) is 5.69 Å².